The summed E-state index contributed by atoms with van der Waals surface area (Å²) in [6, 6.07) is 19.8. The maximum Gasteiger partial charge on any atom is 0.449 e. The zero-order chi connectivity index (χ0) is 24.6. The Kier molecular flexibility index (Phi) is 6.57. The summed E-state index contributed by atoms with van der Waals surface area (Å²) in [7, 11) is 0. The van der Waals surface area contributed by atoms with Gasteiger partial charge in [-0.25, -0.2) is 9.97 Å². The molecule has 0 N–H and O–H groups in total. The van der Waals surface area contributed by atoms with Gasteiger partial charge in [0, 0.05) is 28.2 Å². The standard InChI is InChI=1S/C26H18Cl2F3N3S/c27-19-7-4-17(5-8-19)23(24-32-11-13-35-24)18-6-9-21-22(15-18)34(25(33-21)26(29,30)31)12-10-16-2-1-3-20(28)14-16/h1-9,11,13-15,23H,10,12H2. The van der Waals surface area contributed by atoms with E-state index in [1.54, 1.807) is 48.7 Å². The predicted molar refractivity (Wildman–Crippen MR) is 134 cm³/mol. The molecule has 0 saturated heterocycles. The molecule has 0 fully saturated rings. The van der Waals surface area contributed by atoms with Gasteiger partial charge in [-0.05, 0) is 59.5 Å². The summed E-state index contributed by atoms with van der Waals surface area (Å²) in [6.07, 6.45) is -2.48. The van der Waals surface area contributed by atoms with E-state index in [1.165, 1.54) is 15.9 Å². The van der Waals surface area contributed by atoms with E-state index in [4.69, 9.17) is 23.2 Å². The Labute approximate surface area is 213 Å². The Morgan fingerprint density at radius 3 is 2.37 bits per heavy atom. The molecule has 178 valence electrons. The summed E-state index contributed by atoms with van der Waals surface area (Å²) >= 11 is 13.6. The number of hydrogen-bond donors (Lipinski definition) is 0. The molecular formula is C26H18Cl2F3N3S. The molecule has 3 nitrogen and oxygen atoms in total. The maximum absolute atomic E-state index is 13.9. The third-order valence-electron chi connectivity index (χ3n) is 5.77. The molecule has 3 aromatic carbocycles. The first-order valence-corrected chi connectivity index (χ1v) is 12.4. The van der Waals surface area contributed by atoms with Crippen LogP contribution in [0.2, 0.25) is 10.0 Å². The predicted octanol–water partition coefficient (Wildman–Crippen LogP) is 8.24. The van der Waals surface area contributed by atoms with E-state index < -0.39 is 12.0 Å². The first-order chi connectivity index (χ1) is 16.8. The zero-order valence-electron chi connectivity index (χ0n) is 18.1. The van der Waals surface area contributed by atoms with Crippen molar-refractivity contribution < 1.29 is 13.2 Å². The van der Waals surface area contributed by atoms with Crippen LogP contribution in [0.5, 0.6) is 0 Å². The van der Waals surface area contributed by atoms with Crippen LogP contribution in [0.3, 0.4) is 0 Å². The van der Waals surface area contributed by atoms with Gasteiger partial charge in [0.2, 0.25) is 5.82 Å². The summed E-state index contributed by atoms with van der Waals surface area (Å²) in [5.74, 6) is -1.16. The minimum absolute atomic E-state index is 0.109. The first kappa shape index (κ1) is 23.9. The summed E-state index contributed by atoms with van der Waals surface area (Å²) in [4.78, 5) is 8.44. The van der Waals surface area contributed by atoms with Crippen LogP contribution in [-0.4, -0.2) is 14.5 Å². The van der Waals surface area contributed by atoms with E-state index in [-0.39, 0.29) is 12.5 Å². The van der Waals surface area contributed by atoms with Crippen molar-refractivity contribution in [2.75, 3.05) is 0 Å². The van der Waals surface area contributed by atoms with Gasteiger partial charge in [0.25, 0.3) is 0 Å². The van der Waals surface area contributed by atoms with Crippen molar-refractivity contribution in [2.45, 2.75) is 25.1 Å². The fourth-order valence-electron chi connectivity index (χ4n) is 4.21. The molecule has 0 bridgehead atoms. The molecule has 0 aliphatic rings. The molecule has 0 aliphatic carbocycles. The molecule has 5 rings (SSSR count). The van der Waals surface area contributed by atoms with Crippen LogP contribution in [-0.2, 0) is 19.1 Å². The fraction of sp³-hybridized carbons (Fsp3) is 0.154. The molecule has 0 radical (unpaired) electrons. The van der Waals surface area contributed by atoms with Gasteiger partial charge >= 0.3 is 6.18 Å². The quantitative estimate of drug-likeness (QED) is 0.221. The molecule has 9 heteroatoms. The van der Waals surface area contributed by atoms with E-state index in [2.05, 4.69) is 9.97 Å². The lowest BCUT2D eigenvalue weighted by molar-refractivity contribution is -0.146. The molecule has 0 aliphatic heterocycles. The number of imidazole rings is 1. The van der Waals surface area contributed by atoms with Crippen LogP contribution in [0.4, 0.5) is 13.2 Å². The monoisotopic (exact) mass is 531 g/mol. The molecule has 0 amide bonds. The maximum atomic E-state index is 13.9. The lowest BCUT2D eigenvalue weighted by Gasteiger charge is -2.17. The van der Waals surface area contributed by atoms with Crippen LogP contribution in [0.1, 0.15) is 33.4 Å². The number of rotatable bonds is 6. The van der Waals surface area contributed by atoms with Crippen LogP contribution in [0.25, 0.3) is 11.0 Å². The van der Waals surface area contributed by atoms with E-state index in [1.807, 2.05) is 29.6 Å². The Morgan fingerprint density at radius 2 is 1.69 bits per heavy atom. The Bertz CT molecular complexity index is 1460. The second kappa shape index (κ2) is 9.64. The molecule has 0 spiro atoms. The fourth-order valence-corrected chi connectivity index (χ4v) is 5.34. The highest BCUT2D eigenvalue weighted by atomic mass is 35.5. The Morgan fingerprint density at radius 1 is 0.914 bits per heavy atom. The van der Waals surface area contributed by atoms with Gasteiger partial charge in [0.05, 0.1) is 17.0 Å². The van der Waals surface area contributed by atoms with Crippen LogP contribution in [0.15, 0.2) is 78.3 Å². The van der Waals surface area contributed by atoms with E-state index in [0.717, 1.165) is 21.7 Å². The van der Waals surface area contributed by atoms with Crippen molar-refractivity contribution in [3.8, 4) is 0 Å². The average Bonchev–Trinajstić information content (AvgIpc) is 3.47. The SMILES string of the molecule is FC(F)(F)c1nc2ccc(C(c3ccc(Cl)cc3)c3nccs3)cc2n1CCc1cccc(Cl)c1. The first-order valence-electron chi connectivity index (χ1n) is 10.8. The van der Waals surface area contributed by atoms with Gasteiger partial charge in [-0.2, -0.15) is 13.2 Å². The smallest absolute Gasteiger partial charge is 0.320 e. The van der Waals surface area contributed by atoms with E-state index in [0.29, 0.717) is 27.5 Å². The van der Waals surface area contributed by atoms with Crippen molar-refractivity contribution in [2.24, 2.45) is 0 Å². The van der Waals surface area contributed by atoms with Crippen molar-refractivity contribution in [3.05, 3.63) is 116 Å². The highest BCUT2D eigenvalue weighted by molar-refractivity contribution is 7.09. The Balaban J connectivity index is 1.62. The second-order valence-electron chi connectivity index (χ2n) is 8.07. The number of fused-ring (bicyclic) bond motifs is 1. The number of alkyl halides is 3. The Hall–Kier alpha value is -2.87. The van der Waals surface area contributed by atoms with Gasteiger partial charge < -0.3 is 4.57 Å². The van der Waals surface area contributed by atoms with Gasteiger partial charge in [-0.3, -0.25) is 0 Å². The third-order valence-corrected chi connectivity index (χ3v) is 7.10. The number of aromatic nitrogens is 3. The van der Waals surface area contributed by atoms with Gasteiger partial charge in [0.1, 0.15) is 5.01 Å². The summed E-state index contributed by atoms with van der Waals surface area (Å²) in [6.45, 7) is 0.109. The second-order valence-corrected chi connectivity index (χ2v) is 9.87. The third kappa shape index (κ3) is 5.08. The van der Waals surface area contributed by atoms with E-state index >= 15 is 0 Å². The lowest BCUT2D eigenvalue weighted by atomic mass is 9.91. The summed E-state index contributed by atoms with van der Waals surface area (Å²) in [5, 5.41) is 3.88. The minimum Gasteiger partial charge on any atom is -0.320 e. The topological polar surface area (TPSA) is 30.7 Å². The highest BCUT2D eigenvalue weighted by Crippen LogP contribution is 2.37. The van der Waals surface area contributed by atoms with Crippen LogP contribution >= 0.6 is 34.5 Å². The molecule has 1 atom stereocenters. The molecule has 2 heterocycles. The van der Waals surface area contributed by atoms with Crippen LogP contribution < -0.4 is 0 Å². The number of thiazole rings is 1. The molecule has 5 aromatic rings. The zero-order valence-corrected chi connectivity index (χ0v) is 20.5. The minimum atomic E-state index is -4.58. The molecule has 2 aromatic heterocycles. The lowest BCUT2D eigenvalue weighted by Crippen LogP contribution is -2.16. The average molecular weight is 532 g/mol. The summed E-state index contributed by atoms with van der Waals surface area (Å²) < 4.78 is 43.1. The number of nitrogens with zero attached hydrogens (tertiary/aromatic N) is 3. The summed E-state index contributed by atoms with van der Waals surface area (Å²) in [5.41, 5.74) is 3.34. The van der Waals surface area contributed by atoms with Gasteiger partial charge in [-0.1, -0.05) is 53.5 Å². The van der Waals surface area contributed by atoms with Gasteiger partial charge in [-0.15, -0.1) is 11.3 Å². The molecular weight excluding hydrogens is 514 g/mol. The largest absolute Gasteiger partial charge is 0.449 e. The van der Waals surface area contributed by atoms with Crippen LogP contribution in [0, 0.1) is 0 Å². The van der Waals surface area contributed by atoms with Crippen molar-refractivity contribution in [1.82, 2.24) is 14.5 Å². The molecule has 0 saturated carbocycles. The number of halogens is 5. The number of aryl methyl sites for hydroxylation is 2. The molecule has 35 heavy (non-hydrogen) atoms. The van der Waals surface area contributed by atoms with Crippen molar-refractivity contribution in [1.29, 1.82) is 0 Å². The molecule has 1 unspecified atom stereocenters. The number of benzene rings is 3. The highest BCUT2D eigenvalue weighted by Gasteiger charge is 2.37. The normalized spacial score (nSPS) is 12.8. The van der Waals surface area contributed by atoms with Crippen molar-refractivity contribution in [3.63, 3.8) is 0 Å². The number of hydrogen-bond acceptors (Lipinski definition) is 3. The van der Waals surface area contributed by atoms with Crippen molar-refractivity contribution >= 4 is 45.6 Å². The van der Waals surface area contributed by atoms with Gasteiger partial charge in [0.15, 0.2) is 0 Å². The van der Waals surface area contributed by atoms with E-state index in [9.17, 15) is 13.2 Å².